The minimum atomic E-state index is -0.254. The molecule has 52 heavy (non-hydrogen) atoms. The third kappa shape index (κ3) is 7.89. The molecular formula is C42H48ClN7O2. The summed E-state index contributed by atoms with van der Waals surface area (Å²) in [5, 5.41) is 12.5. The lowest BCUT2D eigenvalue weighted by Gasteiger charge is -2.42. The van der Waals surface area contributed by atoms with Crippen LogP contribution in [0.15, 0.2) is 73.3 Å². The van der Waals surface area contributed by atoms with Crippen LogP contribution in [-0.2, 0) is 24.2 Å². The van der Waals surface area contributed by atoms with E-state index in [4.69, 9.17) is 26.3 Å². The number of halogens is 1. The number of carbonyl (C=O) groups is 1. The number of aryl methyl sites for hydroxylation is 2. The van der Waals surface area contributed by atoms with Crippen LogP contribution in [0, 0.1) is 18.3 Å². The number of amides is 1. The Bertz CT molecular complexity index is 1940. The van der Waals surface area contributed by atoms with Crippen LogP contribution in [0.25, 0.3) is 10.8 Å². The zero-order valence-corrected chi connectivity index (χ0v) is 30.9. The smallest absolute Gasteiger partial charge is 0.318 e. The molecule has 2 atom stereocenters. The predicted octanol–water partition coefficient (Wildman–Crippen LogP) is 7.14. The van der Waals surface area contributed by atoms with Gasteiger partial charge < -0.3 is 19.4 Å². The number of likely N-dealkylation sites (tertiary alicyclic amines) is 1. The molecule has 3 aliphatic heterocycles. The van der Waals surface area contributed by atoms with Crippen molar-refractivity contribution in [3.05, 3.63) is 101 Å². The number of anilines is 2. The molecule has 2 fully saturated rings. The second kappa shape index (κ2) is 16.4. The second-order valence-corrected chi connectivity index (χ2v) is 14.7. The minimum absolute atomic E-state index is 0.144. The van der Waals surface area contributed by atoms with Gasteiger partial charge in [-0.15, -0.1) is 0 Å². The molecule has 0 aliphatic carbocycles. The molecule has 0 saturated carbocycles. The molecule has 270 valence electrons. The van der Waals surface area contributed by atoms with Crippen molar-refractivity contribution in [3.8, 4) is 12.1 Å². The highest BCUT2D eigenvalue weighted by Crippen LogP contribution is 2.37. The molecule has 3 aliphatic rings. The van der Waals surface area contributed by atoms with Gasteiger partial charge in [-0.3, -0.25) is 9.69 Å². The maximum absolute atomic E-state index is 12.7. The topological polar surface area (TPSA) is 88.8 Å². The van der Waals surface area contributed by atoms with Gasteiger partial charge in [0.2, 0.25) is 5.91 Å². The molecule has 4 aromatic rings. The van der Waals surface area contributed by atoms with E-state index in [-0.39, 0.29) is 18.4 Å². The quantitative estimate of drug-likeness (QED) is 0.113. The van der Waals surface area contributed by atoms with Gasteiger partial charge in [-0.25, -0.2) is 0 Å². The van der Waals surface area contributed by atoms with Crippen molar-refractivity contribution < 1.29 is 9.53 Å². The summed E-state index contributed by atoms with van der Waals surface area (Å²) in [6, 6.07) is 24.0. The van der Waals surface area contributed by atoms with E-state index in [1.807, 2.05) is 12.1 Å². The van der Waals surface area contributed by atoms with E-state index in [0.717, 1.165) is 83.9 Å². The molecule has 0 N–H and O–H groups in total. The maximum atomic E-state index is 12.7. The van der Waals surface area contributed by atoms with E-state index in [9.17, 15) is 10.1 Å². The number of fused-ring (bicyclic) bond motifs is 2. The summed E-state index contributed by atoms with van der Waals surface area (Å²) in [5.41, 5.74) is 5.84. The molecular weight excluding hydrogens is 670 g/mol. The lowest BCUT2D eigenvalue weighted by atomic mass is 10.0. The number of aromatic nitrogens is 2. The summed E-state index contributed by atoms with van der Waals surface area (Å²) in [4.78, 5) is 31.8. The Morgan fingerprint density at radius 2 is 1.85 bits per heavy atom. The summed E-state index contributed by atoms with van der Waals surface area (Å²) in [5.74, 6) is 0.706. The average Bonchev–Trinajstić information content (AvgIpc) is 3.62. The van der Waals surface area contributed by atoms with Gasteiger partial charge in [0.1, 0.15) is 12.4 Å². The first-order chi connectivity index (χ1) is 25.4. The van der Waals surface area contributed by atoms with Gasteiger partial charge in [-0.1, -0.05) is 72.3 Å². The normalized spacial score (nSPS) is 19.1. The van der Waals surface area contributed by atoms with E-state index in [2.05, 4.69) is 82.8 Å². The lowest BCUT2D eigenvalue weighted by Crippen LogP contribution is -2.55. The van der Waals surface area contributed by atoms with E-state index in [1.165, 1.54) is 30.0 Å². The Kier molecular flexibility index (Phi) is 11.2. The number of nitriles is 1. The SMILES string of the molecule is C=CC(=O)N1CCN(c2nc(OC[C@@H]3CCCN3CCCCc3ccc(C)cc3)nc3c2CCN(c2cccc4cccc(Cl)c24)C3)C[C@@H]1CC#N. The molecule has 7 rings (SSSR count). The Morgan fingerprint density at radius 1 is 1.02 bits per heavy atom. The molecule has 3 aromatic carbocycles. The fourth-order valence-corrected chi connectivity index (χ4v) is 8.42. The van der Waals surface area contributed by atoms with Crippen molar-refractivity contribution in [1.29, 1.82) is 5.26 Å². The fraction of sp³-hybridized carbons (Fsp3) is 0.429. The summed E-state index contributed by atoms with van der Waals surface area (Å²) in [6.45, 7) is 11.5. The number of rotatable bonds is 12. The summed E-state index contributed by atoms with van der Waals surface area (Å²) in [6.07, 6.45) is 8.02. The van der Waals surface area contributed by atoms with Gasteiger partial charge in [-0.2, -0.15) is 15.2 Å². The monoisotopic (exact) mass is 717 g/mol. The highest BCUT2D eigenvalue weighted by Gasteiger charge is 2.34. The molecule has 0 unspecified atom stereocenters. The number of piperazine rings is 1. The van der Waals surface area contributed by atoms with Gasteiger partial charge in [0.25, 0.3) is 0 Å². The Balaban J connectivity index is 1.11. The molecule has 0 spiro atoms. The molecule has 1 amide bonds. The third-order valence-electron chi connectivity index (χ3n) is 10.9. The van der Waals surface area contributed by atoms with Crippen molar-refractivity contribution in [2.75, 3.05) is 55.7 Å². The van der Waals surface area contributed by atoms with Crippen LogP contribution >= 0.6 is 11.6 Å². The molecule has 9 nitrogen and oxygen atoms in total. The lowest BCUT2D eigenvalue weighted by molar-refractivity contribution is -0.128. The molecule has 10 heteroatoms. The average molecular weight is 718 g/mol. The molecule has 2 saturated heterocycles. The van der Waals surface area contributed by atoms with Crippen molar-refractivity contribution in [1.82, 2.24) is 19.8 Å². The summed E-state index contributed by atoms with van der Waals surface area (Å²) >= 11 is 6.77. The van der Waals surface area contributed by atoms with Crippen molar-refractivity contribution in [2.45, 2.75) is 70.5 Å². The number of hydrogen-bond donors (Lipinski definition) is 0. The van der Waals surface area contributed by atoms with Gasteiger partial charge in [-0.05, 0) is 87.7 Å². The number of carbonyl (C=O) groups excluding carboxylic acids is 1. The van der Waals surface area contributed by atoms with Crippen LogP contribution in [0.2, 0.25) is 5.02 Å². The van der Waals surface area contributed by atoms with E-state index < -0.39 is 0 Å². The summed E-state index contributed by atoms with van der Waals surface area (Å²) < 4.78 is 6.53. The van der Waals surface area contributed by atoms with E-state index in [1.54, 1.807) is 4.90 Å². The van der Waals surface area contributed by atoms with Crippen molar-refractivity contribution in [3.63, 3.8) is 0 Å². The number of unbranched alkanes of at least 4 members (excludes halogenated alkanes) is 1. The first-order valence-corrected chi connectivity index (χ1v) is 19.1. The Labute approximate surface area is 312 Å². The highest BCUT2D eigenvalue weighted by molar-refractivity contribution is 6.36. The van der Waals surface area contributed by atoms with Crippen LogP contribution < -0.4 is 14.5 Å². The second-order valence-electron chi connectivity index (χ2n) is 14.3. The van der Waals surface area contributed by atoms with Crippen LogP contribution in [0.1, 0.15) is 54.5 Å². The maximum Gasteiger partial charge on any atom is 0.318 e. The highest BCUT2D eigenvalue weighted by atomic mass is 35.5. The number of nitrogens with zero attached hydrogens (tertiary/aromatic N) is 7. The Hall–Kier alpha value is -4.65. The largest absolute Gasteiger partial charge is 0.462 e. The standard InChI is InChI=1S/C42H48ClN7O2/c1-3-39(51)50-26-25-49(27-33(50)19-21-44)41-35-20-24-48(38-14-7-11-32-10-6-13-36(43)40(32)38)28-37(35)45-42(46-41)52-29-34-12-8-23-47(34)22-5-4-9-31-17-15-30(2)16-18-31/h3,6-7,10-11,13-18,33-34H,1,4-5,8-9,12,19-20,22-29H2,2H3/t33-,34-/m0/s1. The van der Waals surface area contributed by atoms with Gasteiger partial charge in [0.05, 0.1) is 35.8 Å². The number of ether oxygens (including phenoxy) is 1. The van der Waals surface area contributed by atoms with Gasteiger partial charge in [0.15, 0.2) is 0 Å². The van der Waals surface area contributed by atoms with Crippen LogP contribution in [-0.4, -0.2) is 83.6 Å². The van der Waals surface area contributed by atoms with Gasteiger partial charge >= 0.3 is 6.01 Å². The molecule has 1 aromatic heterocycles. The minimum Gasteiger partial charge on any atom is -0.462 e. The zero-order chi connectivity index (χ0) is 36.0. The molecule has 0 radical (unpaired) electrons. The van der Waals surface area contributed by atoms with E-state index >= 15 is 0 Å². The fourth-order valence-electron chi connectivity index (χ4n) is 8.14. The van der Waals surface area contributed by atoms with Gasteiger partial charge in [0, 0.05) is 48.9 Å². The molecule has 4 heterocycles. The van der Waals surface area contributed by atoms with Crippen molar-refractivity contribution in [2.24, 2.45) is 0 Å². The van der Waals surface area contributed by atoms with Crippen LogP contribution in [0.3, 0.4) is 0 Å². The number of hydrogen-bond acceptors (Lipinski definition) is 8. The van der Waals surface area contributed by atoms with Crippen molar-refractivity contribution >= 4 is 39.8 Å². The Morgan fingerprint density at radius 3 is 2.65 bits per heavy atom. The first-order valence-electron chi connectivity index (χ1n) is 18.7. The predicted molar refractivity (Wildman–Crippen MR) is 208 cm³/mol. The van der Waals surface area contributed by atoms with Crippen LogP contribution in [0.4, 0.5) is 11.5 Å². The zero-order valence-electron chi connectivity index (χ0n) is 30.1. The molecule has 0 bridgehead atoms. The first kappa shape index (κ1) is 35.7. The number of benzene rings is 3. The summed E-state index contributed by atoms with van der Waals surface area (Å²) in [7, 11) is 0. The third-order valence-corrected chi connectivity index (χ3v) is 11.3. The van der Waals surface area contributed by atoms with E-state index in [0.29, 0.717) is 44.8 Å². The van der Waals surface area contributed by atoms with Crippen LogP contribution in [0.5, 0.6) is 6.01 Å².